The van der Waals surface area contributed by atoms with E-state index < -0.39 is 13.0 Å². The van der Waals surface area contributed by atoms with Gasteiger partial charge in [-0.25, -0.2) is 4.20 Å². The van der Waals surface area contributed by atoms with Crippen LogP contribution < -0.4 is 39.3 Å². The molecule has 11 heteroatoms. The fourth-order valence-corrected chi connectivity index (χ4v) is 0. The summed E-state index contributed by atoms with van der Waals surface area (Å²) in [6.07, 6.45) is 0. The molecular formula is CaFNNaO6P. The van der Waals surface area contributed by atoms with Crippen LogP contribution in [0.2, 0.25) is 0 Å². The van der Waals surface area contributed by atoms with Gasteiger partial charge in [-0.2, -0.15) is 0 Å². The van der Waals surface area contributed by atoms with Gasteiger partial charge in [-0.1, -0.05) is 0 Å². The molecule has 0 saturated carbocycles. The average Bonchev–Trinajstić information content (AvgIpc) is 1.19. The second-order valence-electron chi connectivity index (χ2n) is 0.654. The molecule has 0 atom stereocenters. The minimum absolute atomic E-state index is 0. The smallest absolute Gasteiger partial charge is 0.786 e. The summed E-state index contributed by atoms with van der Waals surface area (Å²) in [5.41, 5.74) is 0. The molecule has 0 aliphatic rings. The molecule has 0 amide bonds. The third-order valence-electron chi connectivity index (χ3n) is 0. The maximum absolute atomic E-state index is 10.1. The second kappa shape index (κ2) is 11.5. The Morgan fingerprint density at radius 3 is 1.27 bits per heavy atom. The van der Waals surface area contributed by atoms with E-state index in [-0.39, 0.29) is 67.3 Å². The number of rotatable bonds is 0. The Hall–Kier alpha value is 1.54. The second-order valence-corrected chi connectivity index (χ2v) is 1.52. The van der Waals surface area contributed by atoms with Gasteiger partial charge in [-0.05, 0) is 0 Å². The van der Waals surface area contributed by atoms with E-state index in [4.69, 9.17) is 29.7 Å². The standard InChI is InChI=1S/Ca.FH2O3P.NO3.Na/c;1-5(2,3)4;2-1(3)4;/h;(H2,2,3,4);;/q+2;;-1;+1/p-2. The Morgan fingerprint density at radius 1 is 1.27 bits per heavy atom. The first-order valence-corrected chi connectivity index (χ1v) is 2.70. The van der Waals surface area contributed by atoms with Crippen molar-refractivity contribution in [3.05, 3.63) is 15.3 Å². The summed E-state index contributed by atoms with van der Waals surface area (Å²) in [7, 11) is -5.64. The number of hydrogen-bond acceptors (Lipinski definition) is 6. The molecule has 0 unspecified atom stereocenters. The van der Waals surface area contributed by atoms with E-state index >= 15 is 0 Å². The van der Waals surface area contributed by atoms with Crippen LogP contribution in [0.5, 0.6) is 0 Å². The van der Waals surface area contributed by atoms with Gasteiger partial charge in [-0.15, -0.1) is 0 Å². The van der Waals surface area contributed by atoms with Gasteiger partial charge in [0.1, 0.15) is 7.91 Å². The summed E-state index contributed by atoms with van der Waals surface area (Å²) in [6.45, 7) is 0. The Morgan fingerprint density at radius 2 is 1.27 bits per heavy atom. The van der Waals surface area contributed by atoms with Gasteiger partial charge in [0.05, 0.1) is 5.09 Å². The maximum atomic E-state index is 10.1. The first kappa shape index (κ1) is 22.9. The number of hydrogen-bond donors (Lipinski definition) is 0. The van der Waals surface area contributed by atoms with Crippen molar-refractivity contribution in [1.82, 2.24) is 0 Å². The minimum Gasteiger partial charge on any atom is -0.786 e. The molecular weight excluding hydrogens is 223 g/mol. The first-order valence-electron chi connectivity index (χ1n) is 1.26. The van der Waals surface area contributed by atoms with Crippen molar-refractivity contribution in [1.29, 1.82) is 0 Å². The zero-order valence-electron chi connectivity index (χ0n) is 5.43. The maximum Gasteiger partial charge on any atom is 2.00 e. The number of nitrogens with zero attached hydrogens (tertiary/aromatic N) is 1. The molecule has 56 valence electrons. The van der Waals surface area contributed by atoms with Crippen molar-refractivity contribution in [3.63, 3.8) is 0 Å². The van der Waals surface area contributed by atoms with Crippen LogP contribution in [-0.2, 0) is 4.57 Å². The van der Waals surface area contributed by atoms with Crippen LogP contribution >= 0.6 is 7.91 Å². The molecule has 0 bridgehead atoms. The Labute approximate surface area is 113 Å². The van der Waals surface area contributed by atoms with Crippen LogP contribution in [0.25, 0.3) is 0 Å². The van der Waals surface area contributed by atoms with Crippen LogP contribution in [-0.4, -0.2) is 42.8 Å². The molecule has 0 fully saturated rings. The quantitative estimate of drug-likeness (QED) is 0.175. The van der Waals surface area contributed by atoms with E-state index in [2.05, 4.69) is 0 Å². The molecule has 0 aliphatic carbocycles. The van der Waals surface area contributed by atoms with Gasteiger partial charge in [0.25, 0.3) is 0 Å². The monoisotopic (exact) mass is 223 g/mol. The third kappa shape index (κ3) is 443. The molecule has 0 aliphatic heterocycles. The summed E-state index contributed by atoms with van der Waals surface area (Å²) in [4.78, 5) is 25.1. The first-order chi connectivity index (χ1) is 3.73. The molecule has 11 heavy (non-hydrogen) atoms. The van der Waals surface area contributed by atoms with Gasteiger partial charge in [0.2, 0.25) is 0 Å². The van der Waals surface area contributed by atoms with Crippen molar-refractivity contribution in [3.8, 4) is 0 Å². The van der Waals surface area contributed by atoms with Crippen LogP contribution in [0.15, 0.2) is 0 Å². The summed E-state index contributed by atoms with van der Waals surface area (Å²) < 4.78 is 18.6. The van der Waals surface area contributed by atoms with Crippen molar-refractivity contribution in [2.24, 2.45) is 0 Å². The van der Waals surface area contributed by atoms with Crippen molar-refractivity contribution >= 4 is 45.6 Å². The van der Waals surface area contributed by atoms with Crippen molar-refractivity contribution in [2.45, 2.75) is 0 Å². The van der Waals surface area contributed by atoms with Gasteiger partial charge in [-0.3, -0.25) is 0 Å². The minimum atomic E-state index is -5.64. The summed E-state index contributed by atoms with van der Waals surface area (Å²) in [6, 6.07) is 0. The van der Waals surface area contributed by atoms with Crippen LogP contribution in [0.4, 0.5) is 4.20 Å². The van der Waals surface area contributed by atoms with Crippen molar-refractivity contribution in [2.75, 3.05) is 0 Å². The molecule has 0 aromatic rings. The normalized spacial score (nSPS) is 7.55. The third-order valence-corrected chi connectivity index (χ3v) is 0. The number of halogens is 1. The Balaban J connectivity index is -0.0000000383. The van der Waals surface area contributed by atoms with E-state index in [1.807, 2.05) is 0 Å². The van der Waals surface area contributed by atoms with Gasteiger partial charge < -0.3 is 29.7 Å². The fraction of sp³-hybridized carbons (Fsp3) is 0. The molecule has 0 heterocycles. The zero-order chi connectivity index (χ0) is 8.08. The SMILES string of the molecule is O=P([O-])([O-])F.O=[N+]([O-])[O-].[Ca+2].[Na+]. The molecule has 0 saturated heterocycles. The molecule has 0 N–H and O–H groups in total. The average molecular weight is 223 g/mol. The zero-order valence-corrected chi connectivity index (χ0v) is 10.5. The van der Waals surface area contributed by atoms with Crippen LogP contribution in [0, 0.1) is 15.3 Å². The van der Waals surface area contributed by atoms with E-state index in [0.29, 0.717) is 0 Å². The summed E-state index contributed by atoms with van der Waals surface area (Å²) in [5.74, 6) is 0. The topological polar surface area (TPSA) is 129 Å². The largest absolute Gasteiger partial charge is 2.00 e. The van der Waals surface area contributed by atoms with E-state index in [1.165, 1.54) is 0 Å². The van der Waals surface area contributed by atoms with Crippen LogP contribution in [0.1, 0.15) is 0 Å². The van der Waals surface area contributed by atoms with Gasteiger partial charge in [0, 0.05) is 0 Å². The molecule has 0 aromatic heterocycles. The van der Waals surface area contributed by atoms with E-state index in [1.54, 1.807) is 0 Å². The summed E-state index contributed by atoms with van der Waals surface area (Å²) >= 11 is 0. The fourth-order valence-electron chi connectivity index (χ4n) is 0. The van der Waals surface area contributed by atoms with Gasteiger partial charge in [0.15, 0.2) is 0 Å². The molecule has 0 aromatic carbocycles. The van der Waals surface area contributed by atoms with Gasteiger partial charge >= 0.3 is 67.3 Å². The Bertz CT molecular complexity index is 122. The van der Waals surface area contributed by atoms with E-state index in [0.717, 1.165) is 0 Å². The van der Waals surface area contributed by atoms with Crippen LogP contribution in [0.3, 0.4) is 0 Å². The molecule has 0 radical (unpaired) electrons. The molecule has 7 nitrogen and oxygen atoms in total. The predicted octanol–water partition coefficient (Wildman–Crippen LogP) is -4.83. The summed E-state index contributed by atoms with van der Waals surface area (Å²) in [5, 5.41) is 14.8. The Kier molecular flexibility index (Phi) is 24.0. The molecule has 0 spiro atoms. The van der Waals surface area contributed by atoms with Crippen molar-refractivity contribution < 1.29 is 53.2 Å². The molecule has 0 rings (SSSR count). The van der Waals surface area contributed by atoms with E-state index in [9.17, 15) is 4.20 Å². The predicted molar refractivity (Wildman–Crippen MR) is 24.8 cm³/mol.